The van der Waals surface area contributed by atoms with Gasteiger partial charge in [-0.2, -0.15) is 0 Å². The second-order valence-corrected chi connectivity index (χ2v) is 3.62. The Morgan fingerprint density at radius 1 is 1.19 bits per heavy atom. The first-order valence-electron chi connectivity index (χ1n) is 5.07. The van der Waals surface area contributed by atoms with Gasteiger partial charge >= 0.3 is 0 Å². The van der Waals surface area contributed by atoms with Crippen LogP contribution < -0.4 is 5.73 Å². The Balaban J connectivity index is 2.60. The Hall–Kier alpha value is -1.55. The van der Waals surface area contributed by atoms with Crippen molar-refractivity contribution in [3.05, 3.63) is 42.1 Å². The number of benzene rings is 1. The fourth-order valence-corrected chi connectivity index (χ4v) is 1.73. The summed E-state index contributed by atoms with van der Waals surface area (Å²) in [5.41, 5.74) is 5.78. The summed E-state index contributed by atoms with van der Waals surface area (Å²) in [6.45, 7) is -0.0380. The molecule has 0 spiro atoms. The van der Waals surface area contributed by atoms with Crippen LogP contribution in [0.2, 0.25) is 0 Å². The van der Waals surface area contributed by atoms with Gasteiger partial charge in [0.1, 0.15) is 0 Å². The SMILES string of the molecule is NCCC(F)(F)c1ccnc2ccccc12. The minimum Gasteiger partial charge on any atom is -0.330 e. The maximum absolute atomic E-state index is 13.8. The number of nitrogens with two attached hydrogens (primary N) is 1. The molecule has 16 heavy (non-hydrogen) atoms. The van der Waals surface area contributed by atoms with E-state index in [-0.39, 0.29) is 18.5 Å². The predicted octanol–water partition coefficient (Wildman–Crippen LogP) is 2.68. The van der Waals surface area contributed by atoms with Crippen LogP contribution >= 0.6 is 0 Å². The molecule has 0 atom stereocenters. The average molecular weight is 222 g/mol. The van der Waals surface area contributed by atoms with Crippen molar-refractivity contribution in [1.82, 2.24) is 4.98 Å². The first-order chi connectivity index (χ1) is 7.65. The number of fused-ring (bicyclic) bond motifs is 1. The van der Waals surface area contributed by atoms with E-state index in [2.05, 4.69) is 4.98 Å². The minimum absolute atomic E-state index is 0.00329. The molecular weight excluding hydrogens is 210 g/mol. The number of alkyl halides is 2. The molecular formula is C12H12F2N2. The molecule has 0 saturated heterocycles. The van der Waals surface area contributed by atoms with E-state index < -0.39 is 5.92 Å². The molecule has 0 aliphatic carbocycles. The molecule has 0 fully saturated rings. The van der Waals surface area contributed by atoms with Gasteiger partial charge in [0.2, 0.25) is 0 Å². The Bertz CT molecular complexity index is 492. The van der Waals surface area contributed by atoms with Gasteiger partial charge < -0.3 is 5.73 Å². The minimum atomic E-state index is -2.89. The van der Waals surface area contributed by atoms with E-state index in [9.17, 15) is 8.78 Å². The quantitative estimate of drug-likeness (QED) is 0.867. The Kier molecular flexibility index (Phi) is 2.83. The van der Waals surface area contributed by atoms with Crippen molar-refractivity contribution in [2.75, 3.05) is 6.54 Å². The van der Waals surface area contributed by atoms with Gasteiger partial charge in [-0.25, -0.2) is 8.78 Å². The summed E-state index contributed by atoms with van der Waals surface area (Å²) in [7, 11) is 0. The molecule has 0 aliphatic rings. The van der Waals surface area contributed by atoms with Crippen LogP contribution in [-0.4, -0.2) is 11.5 Å². The fourth-order valence-electron chi connectivity index (χ4n) is 1.73. The highest BCUT2D eigenvalue weighted by atomic mass is 19.3. The summed E-state index contributed by atoms with van der Waals surface area (Å²) in [5, 5.41) is 0.489. The number of pyridine rings is 1. The van der Waals surface area contributed by atoms with E-state index in [1.165, 1.54) is 12.3 Å². The van der Waals surface area contributed by atoms with Gasteiger partial charge in [-0.15, -0.1) is 0 Å². The number of nitrogens with zero attached hydrogens (tertiary/aromatic N) is 1. The second-order valence-electron chi connectivity index (χ2n) is 3.62. The van der Waals surface area contributed by atoms with Crippen LogP contribution in [0.25, 0.3) is 10.9 Å². The van der Waals surface area contributed by atoms with Crippen molar-refractivity contribution in [1.29, 1.82) is 0 Å². The normalized spacial score (nSPS) is 11.9. The molecule has 2 nitrogen and oxygen atoms in total. The third-order valence-corrected chi connectivity index (χ3v) is 2.50. The van der Waals surface area contributed by atoms with Gasteiger partial charge in [0.25, 0.3) is 5.92 Å². The fraction of sp³-hybridized carbons (Fsp3) is 0.250. The zero-order valence-electron chi connectivity index (χ0n) is 8.66. The molecule has 1 aromatic heterocycles. The Labute approximate surface area is 92.1 Å². The van der Waals surface area contributed by atoms with Crippen LogP contribution in [0.15, 0.2) is 36.5 Å². The smallest absolute Gasteiger partial charge is 0.275 e. The number of para-hydroxylation sites is 1. The number of aromatic nitrogens is 1. The standard InChI is InChI=1S/C12H12F2N2/c13-12(14,6-7-15)10-5-8-16-11-4-2-1-3-9(10)11/h1-5,8H,6-7,15H2. The molecule has 4 heteroatoms. The van der Waals surface area contributed by atoms with Crippen molar-refractivity contribution >= 4 is 10.9 Å². The van der Waals surface area contributed by atoms with Crippen molar-refractivity contribution < 1.29 is 8.78 Å². The number of rotatable bonds is 3. The number of hydrogen-bond acceptors (Lipinski definition) is 2. The van der Waals surface area contributed by atoms with Crippen LogP contribution in [0.4, 0.5) is 8.78 Å². The highest BCUT2D eigenvalue weighted by Gasteiger charge is 2.32. The van der Waals surface area contributed by atoms with Gasteiger partial charge in [0, 0.05) is 23.6 Å². The summed E-state index contributed by atoms with van der Waals surface area (Å²) in [4.78, 5) is 4.05. The van der Waals surface area contributed by atoms with Crippen LogP contribution in [0.3, 0.4) is 0 Å². The van der Waals surface area contributed by atoms with Gasteiger partial charge in [-0.05, 0) is 18.7 Å². The maximum Gasteiger partial charge on any atom is 0.275 e. The van der Waals surface area contributed by atoms with E-state index in [1.54, 1.807) is 24.3 Å². The third kappa shape index (κ3) is 1.88. The van der Waals surface area contributed by atoms with Gasteiger partial charge in [0.15, 0.2) is 0 Å². The maximum atomic E-state index is 13.8. The van der Waals surface area contributed by atoms with E-state index >= 15 is 0 Å². The molecule has 84 valence electrons. The molecule has 0 amide bonds. The van der Waals surface area contributed by atoms with Crippen molar-refractivity contribution in [2.45, 2.75) is 12.3 Å². The lowest BCUT2D eigenvalue weighted by molar-refractivity contribution is -0.00918. The molecule has 2 aromatic rings. The molecule has 0 radical (unpaired) electrons. The zero-order valence-corrected chi connectivity index (χ0v) is 8.66. The molecule has 2 rings (SSSR count). The highest BCUT2D eigenvalue weighted by Crippen LogP contribution is 2.35. The summed E-state index contributed by atoms with van der Waals surface area (Å²) in [6.07, 6.45) is 1.06. The average Bonchev–Trinajstić information content (AvgIpc) is 2.28. The highest BCUT2D eigenvalue weighted by molar-refractivity contribution is 5.82. The molecule has 0 unspecified atom stereocenters. The molecule has 0 bridgehead atoms. The first kappa shape index (κ1) is 11.0. The van der Waals surface area contributed by atoms with Gasteiger partial charge in [0.05, 0.1) is 5.52 Å². The first-order valence-corrected chi connectivity index (χ1v) is 5.07. The molecule has 0 saturated carbocycles. The second kappa shape index (κ2) is 4.14. The van der Waals surface area contributed by atoms with E-state index in [0.29, 0.717) is 10.9 Å². The third-order valence-electron chi connectivity index (χ3n) is 2.50. The van der Waals surface area contributed by atoms with Gasteiger partial charge in [-0.1, -0.05) is 18.2 Å². The van der Waals surface area contributed by atoms with Crippen LogP contribution in [0.1, 0.15) is 12.0 Å². The van der Waals surface area contributed by atoms with Crippen LogP contribution in [0, 0.1) is 0 Å². The van der Waals surface area contributed by atoms with Crippen molar-refractivity contribution in [3.8, 4) is 0 Å². The molecule has 2 N–H and O–H groups in total. The van der Waals surface area contributed by atoms with Gasteiger partial charge in [-0.3, -0.25) is 4.98 Å². The van der Waals surface area contributed by atoms with Crippen molar-refractivity contribution in [3.63, 3.8) is 0 Å². The number of hydrogen-bond donors (Lipinski definition) is 1. The van der Waals surface area contributed by atoms with E-state index in [1.807, 2.05) is 0 Å². The summed E-state index contributed by atoms with van der Waals surface area (Å²) >= 11 is 0. The Morgan fingerprint density at radius 2 is 1.94 bits per heavy atom. The molecule has 1 heterocycles. The van der Waals surface area contributed by atoms with Crippen LogP contribution in [0.5, 0.6) is 0 Å². The Morgan fingerprint density at radius 3 is 2.69 bits per heavy atom. The lowest BCUT2D eigenvalue weighted by Crippen LogP contribution is -2.19. The largest absolute Gasteiger partial charge is 0.330 e. The number of halogens is 2. The van der Waals surface area contributed by atoms with Crippen molar-refractivity contribution in [2.24, 2.45) is 5.73 Å². The topological polar surface area (TPSA) is 38.9 Å². The summed E-state index contributed by atoms with van der Waals surface area (Å²) < 4.78 is 27.6. The monoisotopic (exact) mass is 222 g/mol. The van der Waals surface area contributed by atoms with E-state index in [0.717, 1.165) is 0 Å². The summed E-state index contributed by atoms with van der Waals surface area (Å²) in [5.74, 6) is -2.89. The predicted molar refractivity (Wildman–Crippen MR) is 59.3 cm³/mol. The van der Waals surface area contributed by atoms with E-state index in [4.69, 9.17) is 5.73 Å². The zero-order chi connectivity index (χ0) is 11.6. The summed E-state index contributed by atoms with van der Waals surface area (Å²) in [6, 6.07) is 8.24. The molecule has 0 aliphatic heterocycles. The van der Waals surface area contributed by atoms with Crippen LogP contribution in [-0.2, 0) is 5.92 Å². The molecule has 1 aromatic carbocycles. The lowest BCUT2D eigenvalue weighted by Gasteiger charge is -2.17. The lowest BCUT2D eigenvalue weighted by atomic mass is 10.0.